The normalized spacial score (nSPS) is 13.2. The van der Waals surface area contributed by atoms with E-state index in [2.05, 4.69) is 41.4 Å². The van der Waals surface area contributed by atoms with Gasteiger partial charge in [-0.3, -0.25) is 4.98 Å². The highest BCUT2D eigenvalue weighted by atomic mass is 16.3. The van der Waals surface area contributed by atoms with E-state index in [0.29, 0.717) is 18.2 Å². The Morgan fingerprint density at radius 1 is 1.29 bits per heavy atom. The van der Waals surface area contributed by atoms with Gasteiger partial charge in [-0.25, -0.2) is 4.98 Å². The number of aliphatic hydroxyl groups is 1. The van der Waals surface area contributed by atoms with E-state index in [1.807, 2.05) is 0 Å². The third kappa shape index (κ3) is 5.49. The van der Waals surface area contributed by atoms with E-state index in [-0.39, 0.29) is 11.5 Å². The number of hydrogen-bond acceptors (Lipinski definition) is 5. The van der Waals surface area contributed by atoms with E-state index in [1.165, 1.54) is 0 Å². The minimum absolute atomic E-state index is 0.125. The lowest BCUT2D eigenvalue weighted by molar-refractivity contribution is 0.132. The summed E-state index contributed by atoms with van der Waals surface area (Å²) >= 11 is 0. The summed E-state index contributed by atoms with van der Waals surface area (Å²) in [6, 6.07) is 0. The van der Waals surface area contributed by atoms with Crippen molar-refractivity contribution in [3.63, 3.8) is 0 Å². The number of hydrogen-bond donors (Lipinski definition) is 3. The van der Waals surface area contributed by atoms with E-state index in [1.54, 1.807) is 19.4 Å². The van der Waals surface area contributed by atoms with Gasteiger partial charge in [0.1, 0.15) is 11.6 Å². The summed E-state index contributed by atoms with van der Waals surface area (Å²) in [6.45, 7) is 6.81. The molecule has 1 aromatic heterocycles. The third-order valence-electron chi connectivity index (χ3n) is 2.26. The molecule has 0 aliphatic carbocycles. The highest BCUT2D eigenvalue weighted by Gasteiger charge is 2.16. The van der Waals surface area contributed by atoms with Gasteiger partial charge in [0, 0.05) is 13.6 Å². The maximum atomic E-state index is 9.85. The Labute approximate surface area is 103 Å². The zero-order chi connectivity index (χ0) is 12.9. The van der Waals surface area contributed by atoms with Crippen LogP contribution in [0.25, 0.3) is 0 Å². The largest absolute Gasteiger partial charge is 0.391 e. The van der Waals surface area contributed by atoms with Crippen molar-refractivity contribution >= 4 is 11.6 Å². The monoisotopic (exact) mass is 238 g/mol. The number of aliphatic hydroxyl groups excluding tert-OH is 1. The van der Waals surface area contributed by atoms with Gasteiger partial charge in [0.15, 0.2) is 0 Å². The van der Waals surface area contributed by atoms with Crippen LogP contribution in [-0.4, -0.2) is 34.8 Å². The van der Waals surface area contributed by atoms with Crippen molar-refractivity contribution < 1.29 is 5.11 Å². The maximum Gasteiger partial charge on any atom is 0.147 e. The second kappa shape index (κ2) is 5.82. The highest BCUT2D eigenvalue weighted by Crippen LogP contribution is 2.20. The molecule has 0 fully saturated rings. The molecule has 0 spiro atoms. The van der Waals surface area contributed by atoms with Crippen molar-refractivity contribution in [3.8, 4) is 0 Å². The minimum Gasteiger partial charge on any atom is -0.391 e. The second-order valence-electron chi connectivity index (χ2n) is 5.34. The van der Waals surface area contributed by atoms with Crippen molar-refractivity contribution in [2.24, 2.45) is 5.41 Å². The van der Waals surface area contributed by atoms with Crippen LogP contribution in [0.5, 0.6) is 0 Å². The summed E-state index contributed by atoms with van der Waals surface area (Å²) in [5.41, 5.74) is 0.125. The van der Waals surface area contributed by atoms with E-state index >= 15 is 0 Å². The molecule has 3 N–H and O–H groups in total. The summed E-state index contributed by atoms with van der Waals surface area (Å²) < 4.78 is 0. The smallest absolute Gasteiger partial charge is 0.147 e. The zero-order valence-electron chi connectivity index (χ0n) is 11.0. The first kappa shape index (κ1) is 13.7. The number of rotatable bonds is 5. The molecule has 17 heavy (non-hydrogen) atoms. The number of nitrogens with one attached hydrogen (secondary N) is 2. The lowest BCUT2D eigenvalue weighted by Gasteiger charge is -2.22. The van der Waals surface area contributed by atoms with Gasteiger partial charge in [0.2, 0.25) is 0 Å². The average Bonchev–Trinajstić information content (AvgIpc) is 2.24. The molecule has 1 unspecified atom stereocenters. The van der Waals surface area contributed by atoms with Gasteiger partial charge in [0.05, 0.1) is 18.5 Å². The van der Waals surface area contributed by atoms with Crippen LogP contribution in [0.4, 0.5) is 11.6 Å². The Hall–Kier alpha value is -1.36. The molecule has 1 aromatic rings. The molecule has 5 nitrogen and oxygen atoms in total. The van der Waals surface area contributed by atoms with E-state index in [9.17, 15) is 5.11 Å². The molecule has 1 atom stereocenters. The molecule has 5 heteroatoms. The fraction of sp³-hybridized carbons (Fsp3) is 0.667. The van der Waals surface area contributed by atoms with Crippen LogP contribution in [-0.2, 0) is 0 Å². The average molecular weight is 238 g/mol. The molecule has 0 aliphatic heterocycles. The first-order chi connectivity index (χ1) is 7.90. The van der Waals surface area contributed by atoms with E-state index < -0.39 is 0 Å². The standard InChI is InChI=1S/C12H22N4O/c1-12(2,3)5-9(17)6-15-11-8-14-7-10(13-4)16-11/h7-9,17H,5-6H2,1-4H3,(H2,13,15,16). The van der Waals surface area contributed by atoms with Crippen LogP contribution in [0.15, 0.2) is 12.4 Å². The van der Waals surface area contributed by atoms with Gasteiger partial charge in [-0.15, -0.1) is 0 Å². The van der Waals surface area contributed by atoms with Crippen LogP contribution >= 0.6 is 0 Å². The zero-order valence-corrected chi connectivity index (χ0v) is 11.0. The Kier molecular flexibility index (Phi) is 4.69. The predicted molar refractivity (Wildman–Crippen MR) is 70.1 cm³/mol. The number of nitrogens with zero attached hydrogens (tertiary/aromatic N) is 2. The molecular formula is C12H22N4O. The molecule has 1 heterocycles. The van der Waals surface area contributed by atoms with Crippen molar-refractivity contribution in [1.29, 1.82) is 0 Å². The van der Waals surface area contributed by atoms with Gasteiger partial charge >= 0.3 is 0 Å². The Morgan fingerprint density at radius 2 is 1.94 bits per heavy atom. The van der Waals surface area contributed by atoms with Gasteiger partial charge in [-0.2, -0.15) is 0 Å². The lowest BCUT2D eigenvalue weighted by Crippen LogP contribution is -2.25. The lowest BCUT2D eigenvalue weighted by atomic mass is 9.89. The fourth-order valence-electron chi connectivity index (χ4n) is 1.57. The molecule has 0 aliphatic rings. The summed E-state index contributed by atoms with van der Waals surface area (Å²) in [7, 11) is 1.79. The van der Waals surface area contributed by atoms with Crippen LogP contribution in [0.3, 0.4) is 0 Å². The van der Waals surface area contributed by atoms with Crippen molar-refractivity contribution in [3.05, 3.63) is 12.4 Å². The van der Waals surface area contributed by atoms with Gasteiger partial charge in [0.25, 0.3) is 0 Å². The highest BCUT2D eigenvalue weighted by molar-refractivity contribution is 5.40. The minimum atomic E-state index is -0.380. The Bertz CT molecular complexity index is 349. The molecule has 0 radical (unpaired) electrons. The third-order valence-corrected chi connectivity index (χ3v) is 2.26. The van der Waals surface area contributed by atoms with E-state index in [0.717, 1.165) is 6.42 Å². The van der Waals surface area contributed by atoms with Crippen LogP contribution < -0.4 is 10.6 Å². The summed E-state index contributed by atoms with van der Waals surface area (Å²) in [5, 5.41) is 15.8. The fourth-order valence-corrected chi connectivity index (χ4v) is 1.57. The maximum absolute atomic E-state index is 9.85. The topological polar surface area (TPSA) is 70.1 Å². The van der Waals surface area contributed by atoms with Crippen molar-refractivity contribution in [1.82, 2.24) is 9.97 Å². The summed E-state index contributed by atoms with van der Waals surface area (Å²) in [6.07, 6.45) is 3.66. The van der Waals surface area contributed by atoms with E-state index in [4.69, 9.17) is 0 Å². The molecule has 0 aromatic carbocycles. The SMILES string of the molecule is CNc1cncc(NCC(O)CC(C)(C)C)n1. The summed E-state index contributed by atoms with van der Waals surface area (Å²) in [4.78, 5) is 8.30. The quantitative estimate of drug-likeness (QED) is 0.728. The number of anilines is 2. The molecule has 0 saturated heterocycles. The molecular weight excluding hydrogens is 216 g/mol. The van der Waals surface area contributed by atoms with Crippen LogP contribution in [0.1, 0.15) is 27.2 Å². The Morgan fingerprint density at radius 3 is 2.53 bits per heavy atom. The van der Waals surface area contributed by atoms with Crippen LogP contribution in [0, 0.1) is 5.41 Å². The second-order valence-corrected chi connectivity index (χ2v) is 5.34. The van der Waals surface area contributed by atoms with Crippen molar-refractivity contribution in [2.45, 2.75) is 33.3 Å². The predicted octanol–water partition coefficient (Wildman–Crippen LogP) is 1.73. The Balaban J connectivity index is 2.44. The molecule has 0 amide bonds. The van der Waals surface area contributed by atoms with Gasteiger partial charge in [-0.05, 0) is 11.8 Å². The van der Waals surface area contributed by atoms with Gasteiger partial charge < -0.3 is 15.7 Å². The molecule has 0 saturated carbocycles. The van der Waals surface area contributed by atoms with Gasteiger partial charge in [-0.1, -0.05) is 20.8 Å². The molecule has 1 rings (SSSR count). The summed E-state index contributed by atoms with van der Waals surface area (Å²) in [5.74, 6) is 1.38. The first-order valence-corrected chi connectivity index (χ1v) is 5.82. The molecule has 0 bridgehead atoms. The first-order valence-electron chi connectivity index (χ1n) is 5.82. The molecule has 96 valence electrons. The van der Waals surface area contributed by atoms with Crippen LogP contribution in [0.2, 0.25) is 0 Å². The van der Waals surface area contributed by atoms with Crippen molar-refractivity contribution in [2.75, 3.05) is 24.2 Å². The number of aromatic nitrogens is 2.